The fraction of sp³-hybridized carbons (Fsp3) is 0.600. The second-order valence-corrected chi connectivity index (χ2v) is 7.68. The third-order valence-corrected chi connectivity index (χ3v) is 4.11. The molecule has 1 heterocycles. The van der Waals surface area contributed by atoms with Crippen molar-refractivity contribution in [3.05, 3.63) is 35.9 Å². The van der Waals surface area contributed by atoms with Gasteiger partial charge >= 0.3 is 12.2 Å². The summed E-state index contributed by atoms with van der Waals surface area (Å²) in [6, 6.07) is 9.42. The minimum Gasteiger partial charge on any atom is -0.445 e. The predicted molar refractivity (Wildman–Crippen MR) is 99.8 cm³/mol. The molecule has 6 heteroatoms. The predicted octanol–water partition coefficient (Wildman–Crippen LogP) is 4.09. The van der Waals surface area contributed by atoms with Gasteiger partial charge in [-0.3, -0.25) is 0 Å². The van der Waals surface area contributed by atoms with Crippen molar-refractivity contribution in [1.82, 2.24) is 10.2 Å². The fourth-order valence-electron chi connectivity index (χ4n) is 2.86. The van der Waals surface area contributed by atoms with Gasteiger partial charge in [0.25, 0.3) is 0 Å². The van der Waals surface area contributed by atoms with Crippen molar-refractivity contribution in [2.75, 3.05) is 13.1 Å². The fourth-order valence-corrected chi connectivity index (χ4v) is 2.86. The molecule has 0 spiro atoms. The first-order valence-electron chi connectivity index (χ1n) is 9.28. The number of carbonyl (C=O) groups is 2. The van der Waals surface area contributed by atoms with Crippen molar-refractivity contribution in [2.45, 2.75) is 64.7 Å². The van der Waals surface area contributed by atoms with E-state index in [2.05, 4.69) is 5.32 Å². The molecule has 1 atom stereocenters. The molecule has 1 aliphatic heterocycles. The van der Waals surface area contributed by atoms with Crippen LogP contribution in [0, 0.1) is 0 Å². The monoisotopic (exact) mass is 362 g/mol. The maximum absolute atomic E-state index is 12.4. The number of nitrogens with one attached hydrogen (secondary N) is 1. The van der Waals surface area contributed by atoms with Crippen LogP contribution in [-0.4, -0.2) is 41.8 Å². The Labute approximate surface area is 155 Å². The third-order valence-electron chi connectivity index (χ3n) is 4.11. The molecule has 26 heavy (non-hydrogen) atoms. The Bertz CT molecular complexity index is 583. The Morgan fingerprint density at radius 1 is 1.15 bits per heavy atom. The summed E-state index contributed by atoms with van der Waals surface area (Å²) in [5.74, 6) is 0. The zero-order valence-electron chi connectivity index (χ0n) is 16.0. The van der Waals surface area contributed by atoms with Gasteiger partial charge in [-0.15, -0.1) is 0 Å². The van der Waals surface area contributed by atoms with Crippen molar-refractivity contribution in [2.24, 2.45) is 0 Å². The number of hydrogen-bond donors (Lipinski definition) is 1. The topological polar surface area (TPSA) is 67.9 Å². The number of likely N-dealkylation sites (tertiary alicyclic amines) is 1. The van der Waals surface area contributed by atoms with E-state index in [9.17, 15) is 9.59 Å². The molecule has 1 unspecified atom stereocenters. The van der Waals surface area contributed by atoms with Gasteiger partial charge in [0.2, 0.25) is 0 Å². The summed E-state index contributed by atoms with van der Waals surface area (Å²) in [5, 5.41) is 2.89. The Kier molecular flexibility index (Phi) is 7.30. The van der Waals surface area contributed by atoms with Gasteiger partial charge < -0.3 is 19.7 Å². The molecule has 1 fully saturated rings. The number of benzene rings is 1. The van der Waals surface area contributed by atoms with Gasteiger partial charge in [-0.05, 0) is 39.2 Å². The zero-order chi connectivity index (χ0) is 19.0. The van der Waals surface area contributed by atoms with E-state index in [0.29, 0.717) is 13.1 Å². The molecule has 1 saturated heterocycles. The summed E-state index contributed by atoms with van der Waals surface area (Å²) in [4.78, 5) is 26.2. The van der Waals surface area contributed by atoms with Crippen LogP contribution in [0.3, 0.4) is 0 Å². The highest BCUT2D eigenvalue weighted by Crippen LogP contribution is 2.16. The van der Waals surface area contributed by atoms with Crippen molar-refractivity contribution in [3.8, 4) is 0 Å². The maximum atomic E-state index is 12.4. The molecule has 0 aliphatic carbocycles. The number of ether oxygens (including phenoxy) is 2. The van der Waals surface area contributed by atoms with Gasteiger partial charge in [0.1, 0.15) is 12.2 Å². The van der Waals surface area contributed by atoms with Crippen LogP contribution in [0.4, 0.5) is 9.59 Å². The molecule has 0 bridgehead atoms. The Morgan fingerprint density at radius 2 is 1.88 bits per heavy atom. The number of carbonyl (C=O) groups excluding carboxylic acids is 2. The van der Waals surface area contributed by atoms with Gasteiger partial charge in [0, 0.05) is 19.1 Å². The number of alkyl carbamates (subject to hydrolysis) is 1. The molecule has 0 saturated carbocycles. The van der Waals surface area contributed by atoms with Gasteiger partial charge in [0.05, 0.1) is 0 Å². The molecule has 2 rings (SSSR count). The second-order valence-electron chi connectivity index (χ2n) is 7.68. The molecule has 6 nitrogen and oxygen atoms in total. The van der Waals surface area contributed by atoms with Crippen molar-refractivity contribution >= 4 is 12.2 Å². The first-order chi connectivity index (χ1) is 12.3. The minimum atomic E-state index is -0.531. The molecule has 1 aromatic rings. The number of nitrogens with zero attached hydrogens (tertiary/aromatic N) is 1. The standard InChI is InChI=1S/C20H30N2O4/c1-20(2,3)26-19(24)22-13-9-5-8-12-17(14-22)21-18(23)25-15-16-10-6-4-7-11-16/h4,6-7,10-11,17H,5,8-9,12-15H2,1-3H3,(H,21,23). The van der Waals surface area contributed by atoms with E-state index in [1.807, 2.05) is 51.1 Å². The Hall–Kier alpha value is -2.24. The van der Waals surface area contributed by atoms with E-state index in [4.69, 9.17) is 9.47 Å². The molecule has 1 aromatic carbocycles. The smallest absolute Gasteiger partial charge is 0.410 e. The normalized spacial score (nSPS) is 18.4. The highest BCUT2D eigenvalue weighted by Gasteiger charge is 2.26. The third kappa shape index (κ3) is 7.33. The first kappa shape index (κ1) is 20.1. The number of rotatable bonds is 3. The van der Waals surface area contributed by atoms with E-state index in [1.54, 1.807) is 4.90 Å². The van der Waals surface area contributed by atoms with E-state index in [0.717, 1.165) is 31.2 Å². The summed E-state index contributed by atoms with van der Waals surface area (Å²) in [5.41, 5.74) is 0.410. The van der Waals surface area contributed by atoms with Crippen molar-refractivity contribution < 1.29 is 19.1 Å². The van der Waals surface area contributed by atoms with Crippen LogP contribution in [0.25, 0.3) is 0 Å². The molecule has 0 aromatic heterocycles. The Balaban J connectivity index is 1.87. The van der Waals surface area contributed by atoms with Crippen LogP contribution >= 0.6 is 0 Å². The van der Waals surface area contributed by atoms with Gasteiger partial charge in [-0.25, -0.2) is 9.59 Å². The van der Waals surface area contributed by atoms with E-state index < -0.39 is 11.7 Å². The van der Waals surface area contributed by atoms with Crippen LogP contribution in [-0.2, 0) is 16.1 Å². The van der Waals surface area contributed by atoms with Crippen LogP contribution in [0.15, 0.2) is 30.3 Å². The summed E-state index contributed by atoms with van der Waals surface area (Å²) in [7, 11) is 0. The summed E-state index contributed by atoms with van der Waals surface area (Å²) >= 11 is 0. The maximum Gasteiger partial charge on any atom is 0.410 e. The number of amides is 2. The lowest BCUT2D eigenvalue weighted by molar-refractivity contribution is 0.0213. The molecular formula is C20H30N2O4. The van der Waals surface area contributed by atoms with Crippen molar-refractivity contribution in [3.63, 3.8) is 0 Å². The van der Waals surface area contributed by atoms with Crippen LogP contribution in [0.1, 0.15) is 52.0 Å². The molecule has 2 amide bonds. The Morgan fingerprint density at radius 3 is 2.58 bits per heavy atom. The molecule has 1 aliphatic rings. The molecule has 144 valence electrons. The van der Waals surface area contributed by atoms with Crippen LogP contribution in [0.2, 0.25) is 0 Å². The molecule has 1 N–H and O–H groups in total. The summed E-state index contributed by atoms with van der Waals surface area (Å²) < 4.78 is 10.8. The van der Waals surface area contributed by atoms with Crippen LogP contribution < -0.4 is 5.32 Å². The quantitative estimate of drug-likeness (QED) is 0.879. The average molecular weight is 362 g/mol. The summed E-state index contributed by atoms with van der Waals surface area (Å²) in [6.45, 7) is 6.87. The largest absolute Gasteiger partial charge is 0.445 e. The highest BCUT2D eigenvalue weighted by atomic mass is 16.6. The number of hydrogen-bond acceptors (Lipinski definition) is 4. The first-order valence-corrected chi connectivity index (χ1v) is 9.28. The minimum absolute atomic E-state index is 0.133. The van der Waals surface area contributed by atoms with Crippen molar-refractivity contribution in [1.29, 1.82) is 0 Å². The zero-order valence-corrected chi connectivity index (χ0v) is 16.0. The van der Waals surface area contributed by atoms with E-state index in [1.165, 1.54) is 0 Å². The highest BCUT2D eigenvalue weighted by molar-refractivity contribution is 5.69. The van der Waals surface area contributed by atoms with E-state index in [-0.39, 0.29) is 18.7 Å². The second kappa shape index (κ2) is 9.46. The van der Waals surface area contributed by atoms with Gasteiger partial charge in [-0.2, -0.15) is 0 Å². The molecular weight excluding hydrogens is 332 g/mol. The summed E-state index contributed by atoms with van der Waals surface area (Å²) in [6.07, 6.45) is 3.03. The lowest BCUT2D eigenvalue weighted by Crippen LogP contribution is -2.48. The van der Waals surface area contributed by atoms with E-state index >= 15 is 0 Å². The average Bonchev–Trinajstić information content (AvgIpc) is 2.54. The van der Waals surface area contributed by atoms with Gasteiger partial charge in [-0.1, -0.05) is 43.2 Å². The lowest BCUT2D eigenvalue weighted by atomic mass is 10.0. The SMILES string of the molecule is CC(C)(C)OC(=O)N1CCCCCC(NC(=O)OCc2ccccc2)C1. The van der Waals surface area contributed by atoms with Crippen LogP contribution in [0.5, 0.6) is 0 Å². The van der Waals surface area contributed by atoms with Gasteiger partial charge in [0.15, 0.2) is 0 Å². The lowest BCUT2D eigenvalue weighted by Gasteiger charge is -2.32. The molecule has 0 radical (unpaired) electrons.